The normalized spacial score (nSPS) is 16.1. The molecule has 1 fully saturated rings. The fourth-order valence-corrected chi connectivity index (χ4v) is 3.55. The zero-order valence-electron chi connectivity index (χ0n) is 9.85. The Morgan fingerprint density at radius 1 is 1.35 bits per heavy atom. The first-order valence-corrected chi connectivity index (χ1v) is 8.61. The van der Waals surface area contributed by atoms with Crippen molar-refractivity contribution in [3.05, 3.63) is 35.4 Å². The minimum absolute atomic E-state index is 0.142. The maximum atomic E-state index is 11.7. The van der Waals surface area contributed by atoms with Crippen LogP contribution >= 0.6 is 11.8 Å². The molecule has 1 aliphatic rings. The molecule has 5 heteroatoms. The van der Waals surface area contributed by atoms with Crippen LogP contribution in [0.5, 0.6) is 0 Å². The van der Waals surface area contributed by atoms with Crippen LogP contribution in [0.25, 0.3) is 0 Å². The molecule has 1 saturated carbocycles. The second-order valence-electron chi connectivity index (χ2n) is 4.32. The lowest BCUT2D eigenvalue weighted by Gasteiger charge is -2.07. The van der Waals surface area contributed by atoms with E-state index < -0.39 is 10.0 Å². The molecule has 17 heavy (non-hydrogen) atoms. The highest BCUT2D eigenvalue weighted by molar-refractivity contribution is 7.97. The second-order valence-corrected chi connectivity index (χ2v) is 7.23. The van der Waals surface area contributed by atoms with Crippen LogP contribution in [0.2, 0.25) is 0 Å². The van der Waals surface area contributed by atoms with Gasteiger partial charge in [-0.3, -0.25) is 0 Å². The molecule has 0 aliphatic heterocycles. The highest BCUT2D eigenvalue weighted by Crippen LogP contribution is 2.27. The minimum Gasteiger partial charge on any atom is -0.212 e. The molecule has 3 nitrogen and oxygen atoms in total. The summed E-state index contributed by atoms with van der Waals surface area (Å²) in [4.78, 5) is 0. The molecule has 0 radical (unpaired) electrons. The van der Waals surface area contributed by atoms with E-state index in [1.165, 1.54) is 5.56 Å². The summed E-state index contributed by atoms with van der Waals surface area (Å²) in [6.07, 6.45) is 3.67. The smallest absolute Gasteiger partial charge is 0.212 e. The molecular weight excluding hydrogens is 254 g/mol. The van der Waals surface area contributed by atoms with Gasteiger partial charge < -0.3 is 0 Å². The summed E-state index contributed by atoms with van der Waals surface area (Å²) in [5.74, 6) is 0.962. The highest BCUT2D eigenvalue weighted by atomic mass is 32.2. The van der Waals surface area contributed by atoms with E-state index in [1.54, 1.807) is 11.8 Å². The van der Waals surface area contributed by atoms with Gasteiger partial charge in [0.05, 0.1) is 5.25 Å². The Morgan fingerprint density at radius 2 is 2.06 bits per heavy atom. The number of thioether (sulfide) groups is 1. The Morgan fingerprint density at radius 3 is 2.71 bits per heavy atom. The summed E-state index contributed by atoms with van der Waals surface area (Å²) in [7, 11) is -3.07. The number of nitrogens with one attached hydrogen (secondary N) is 1. The molecule has 1 aromatic carbocycles. The van der Waals surface area contributed by atoms with E-state index in [-0.39, 0.29) is 5.25 Å². The number of hydrogen-bond donors (Lipinski definition) is 1. The van der Waals surface area contributed by atoms with Gasteiger partial charge in [-0.25, -0.2) is 13.1 Å². The zero-order valence-corrected chi connectivity index (χ0v) is 11.5. The molecule has 0 saturated heterocycles. The Labute approximate surface area is 107 Å². The van der Waals surface area contributed by atoms with Crippen molar-refractivity contribution < 1.29 is 8.42 Å². The Kier molecular flexibility index (Phi) is 4.12. The van der Waals surface area contributed by atoms with Crippen LogP contribution in [0.15, 0.2) is 24.3 Å². The van der Waals surface area contributed by atoms with Crippen molar-refractivity contribution in [3.63, 3.8) is 0 Å². The predicted octanol–water partition coefficient (Wildman–Crippen LogP) is 2.13. The summed E-state index contributed by atoms with van der Waals surface area (Å²) >= 11 is 1.76. The van der Waals surface area contributed by atoms with Gasteiger partial charge in [-0.15, -0.1) is 0 Å². The van der Waals surface area contributed by atoms with Crippen LogP contribution in [-0.4, -0.2) is 19.9 Å². The predicted molar refractivity (Wildman–Crippen MR) is 72.4 cm³/mol. The molecule has 0 heterocycles. The molecule has 1 N–H and O–H groups in total. The second kappa shape index (κ2) is 5.42. The Bertz CT molecular complexity index is 481. The summed E-state index contributed by atoms with van der Waals surface area (Å²) in [6.45, 7) is 0.404. The lowest BCUT2D eigenvalue weighted by molar-refractivity contribution is 0.580. The third-order valence-electron chi connectivity index (χ3n) is 2.74. The number of benzene rings is 1. The van der Waals surface area contributed by atoms with Crippen molar-refractivity contribution in [1.29, 1.82) is 0 Å². The molecule has 0 bridgehead atoms. The van der Waals surface area contributed by atoms with Crippen molar-refractivity contribution in [2.75, 3.05) is 6.26 Å². The van der Waals surface area contributed by atoms with Gasteiger partial charge in [-0.1, -0.05) is 24.3 Å². The number of sulfonamides is 1. The SMILES string of the molecule is CSCc1cccc(CNS(=O)(=O)C2CC2)c1. The van der Waals surface area contributed by atoms with E-state index in [9.17, 15) is 8.42 Å². The third-order valence-corrected chi connectivity index (χ3v) is 5.26. The molecule has 1 aliphatic carbocycles. The van der Waals surface area contributed by atoms with E-state index >= 15 is 0 Å². The fraction of sp³-hybridized carbons (Fsp3) is 0.500. The Hall–Kier alpha value is -0.520. The van der Waals surface area contributed by atoms with Crippen LogP contribution in [-0.2, 0) is 22.3 Å². The molecule has 0 atom stereocenters. The largest absolute Gasteiger partial charge is 0.214 e. The van der Waals surface area contributed by atoms with Crippen LogP contribution in [0, 0.1) is 0 Å². The first-order valence-electron chi connectivity index (χ1n) is 5.67. The summed E-state index contributed by atoms with van der Waals surface area (Å²) < 4.78 is 26.0. The molecule has 0 spiro atoms. The standard InChI is InChI=1S/C12H17NO2S2/c1-16-9-11-4-2-3-10(7-11)8-13-17(14,15)12-5-6-12/h2-4,7,12-13H,5-6,8-9H2,1H3. The molecule has 0 aromatic heterocycles. The summed E-state index contributed by atoms with van der Waals surface area (Å²) in [5, 5.41) is -0.142. The van der Waals surface area contributed by atoms with Gasteiger partial charge in [0.2, 0.25) is 10.0 Å². The third kappa shape index (κ3) is 3.72. The monoisotopic (exact) mass is 271 g/mol. The van der Waals surface area contributed by atoms with Crippen LogP contribution in [0.4, 0.5) is 0 Å². The molecule has 1 aromatic rings. The van der Waals surface area contributed by atoms with Crippen molar-refractivity contribution in [2.45, 2.75) is 30.4 Å². The van der Waals surface area contributed by atoms with E-state index in [1.807, 2.05) is 12.1 Å². The zero-order chi connectivity index (χ0) is 12.3. The number of hydrogen-bond acceptors (Lipinski definition) is 3. The first-order chi connectivity index (χ1) is 8.12. The van der Waals surface area contributed by atoms with Crippen molar-refractivity contribution in [2.24, 2.45) is 0 Å². The average molecular weight is 271 g/mol. The van der Waals surface area contributed by atoms with Gasteiger partial charge in [0.1, 0.15) is 0 Å². The van der Waals surface area contributed by atoms with Gasteiger partial charge in [-0.05, 0) is 30.2 Å². The van der Waals surface area contributed by atoms with Crippen LogP contribution < -0.4 is 4.72 Å². The van der Waals surface area contributed by atoms with E-state index in [0.717, 1.165) is 24.2 Å². The summed E-state index contributed by atoms with van der Waals surface area (Å²) in [5.41, 5.74) is 2.27. The molecule has 0 unspecified atom stereocenters. The van der Waals surface area contributed by atoms with E-state index in [4.69, 9.17) is 0 Å². The Balaban J connectivity index is 1.96. The highest BCUT2D eigenvalue weighted by Gasteiger charge is 2.35. The fourth-order valence-electron chi connectivity index (χ4n) is 1.68. The van der Waals surface area contributed by atoms with Gasteiger partial charge >= 0.3 is 0 Å². The van der Waals surface area contributed by atoms with Crippen LogP contribution in [0.1, 0.15) is 24.0 Å². The van der Waals surface area contributed by atoms with Crippen molar-refractivity contribution in [3.8, 4) is 0 Å². The van der Waals surface area contributed by atoms with E-state index in [0.29, 0.717) is 6.54 Å². The van der Waals surface area contributed by atoms with E-state index in [2.05, 4.69) is 23.1 Å². The molecule has 0 amide bonds. The molecular formula is C12H17NO2S2. The minimum atomic E-state index is -3.07. The number of rotatable bonds is 6. The maximum Gasteiger partial charge on any atom is 0.214 e. The lowest BCUT2D eigenvalue weighted by Crippen LogP contribution is -2.26. The quantitative estimate of drug-likeness (QED) is 0.862. The van der Waals surface area contributed by atoms with Crippen molar-refractivity contribution in [1.82, 2.24) is 4.72 Å². The maximum absolute atomic E-state index is 11.7. The lowest BCUT2D eigenvalue weighted by atomic mass is 10.1. The van der Waals surface area contributed by atoms with Gasteiger partial charge in [0.15, 0.2) is 0 Å². The van der Waals surface area contributed by atoms with Gasteiger partial charge in [-0.2, -0.15) is 11.8 Å². The summed E-state index contributed by atoms with van der Waals surface area (Å²) in [6, 6.07) is 8.06. The average Bonchev–Trinajstić information content (AvgIpc) is 3.12. The topological polar surface area (TPSA) is 46.2 Å². The molecule has 2 rings (SSSR count). The van der Waals surface area contributed by atoms with Gasteiger partial charge in [0, 0.05) is 12.3 Å². The van der Waals surface area contributed by atoms with Crippen molar-refractivity contribution >= 4 is 21.8 Å². The van der Waals surface area contributed by atoms with Crippen LogP contribution in [0.3, 0.4) is 0 Å². The molecule has 94 valence electrons. The van der Waals surface area contributed by atoms with Gasteiger partial charge in [0.25, 0.3) is 0 Å². The first kappa shape index (κ1) is 12.9.